The molecule has 0 bridgehead atoms. The first-order valence-corrected chi connectivity index (χ1v) is 5.61. The Morgan fingerprint density at radius 1 is 1.13 bits per heavy atom. The van der Waals surface area contributed by atoms with Crippen molar-refractivity contribution < 1.29 is 9.59 Å². The highest BCUT2D eigenvalue weighted by Crippen LogP contribution is 2.05. The van der Waals surface area contributed by atoms with E-state index in [-0.39, 0.29) is 17.6 Å². The summed E-state index contributed by atoms with van der Waals surface area (Å²) in [6.07, 6.45) is 1.03. The zero-order chi connectivity index (χ0) is 12.0. The second kappa shape index (κ2) is 6.59. The monoisotopic (exact) mass is 213 g/mol. The van der Waals surface area contributed by atoms with Crippen LogP contribution in [0.2, 0.25) is 0 Å². The molecule has 0 saturated heterocycles. The summed E-state index contributed by atoms with van der Waals surface area (Å²) in [5.41, 5.74) is 0. The van der Waals surface area contributed by atoms with E-state index >= 15 is 0 Å². The summed E-state index contributed by atoms with van der Waals surface area (Å²) in [5.74, 6) is 0.792. The molecule has 0 aliphatic rings. The van der Waals surface area contributed by atoms with Gasteiger partial charge in [0.1, 0.15) is 5.78 Å². The Bertz CT molecular complexity index is 222. The average molecular weight is 213 g/mol. The summed E-state index contributed by atoms with van der Waals surface area (Å²) in [4.78, 5) is 24.6. The van der Waals surface area contributed by atoms with Crippen molar-refractivity contribution in [2.45, 2.75) is 40.5 Å². The lowest BCUT2D eigenvalue weighted by Gasteiger charge is -2.18. The van der Waals surface area contributed by atoms with Gasteiger partial charge in [-0.2, -0.15) is 0 Å². The van der Waals surface area contributed by atoms with Gasteiger partial charge in [0.25, 0.3) is 0 Å². The molecule has 0 saturated carbocycles. The van der Waals surface area contributed by atoms with Crippen LogP contribution in [0.4, 0.5) is 0 Å². The lowest BCUT2D eigenvalue weighted by molar-refractivity contribution is -0.131. The summed E-state index contributed by atoms with van der Waals surface area (Å²) in [7, 11) is 1.76. The number of Topliss-reactive ketones (excluding diaryl/α,β-unsaturated/α-hetero) is 1. The van der Waals surface area contributed by atoms with Gasteiger partial charge < -0.3 is 4.90 Å². The highest BCUT2D eigenvalue weighted by Gasteiger charge is 2.13. The van der Waals surface area contributed by atoms with Crippen molar-refractivity contribution in [2.24, 2.45) is 11.8 Å². The van der Waals surface area contributed by atoms with Gasteiger partial charge in [-0.25, -0.2) is 0 Å². The molecule has 88 valence electrons. The minimum atomic E-state index is 0.0681. The molecule has 0 aliphatic carbocycles. The predicted molar refractivity (Wildman–Crippen MR) is 61.6 cm³/mol. The van der Waals surface area contributed by atoms with Crippen LogP contribution in [0.1, 0.15) is 40.5 Å². The van der Waals surface area contributed by atoms with Gasteiger partial charge in [0.2, 0.25) is 5.91 Å². The molecule has 0 aliphatic heterocycles. The van der Waals surface area contributed by atoms with Gasteiger partial charge in [0, 0.05) is 32.4 Å². The predicted octanol–water partition coefficient (Wildman–Crippen LogP) is 2.11. The molecule has 3 nitrogen and oxygen atoms in total. The van der Waals surface area contributed by atoms with Gasteiger partial charge in [0.05, 0.1) is 0 Å². The molecule has 3 heteroatoms. The first-order valence-electron chi connectivity index (χ1n) is 5.61. The molecule has 0 fully saturated rings. The molecule has 0 atom stereocenters. The number of rotatable bonds is 6. The Morgan fingerprint density at radius 3 is 2.07 bits per heavy atom. The number of nitrogens with zero attached hydrogens (tertiary/aromatic N) is 1. The molecule has 0 aromatic heterocycles. The zero-order valence-corrected chi connectivity index (χ0v) is 10.5. The SMILES string of the molecule is CC(C)CC(=O)N(C)CCC(=O)C(C)C. The highest BCUT2D eigenvalue weighted by molar-refractivity contribution is 5.81. The van der Waals surface area contributed by atoms with Gasteiger partial charge in [-0.3, -0.25) is 9.59 Å². The average Bonchev–Trinajstić information content (AvgIpc) is 2.12. The summed E-state index contributed by atoms with van der Waals surface area (Å²) in [6, 6.07) is 0. The number of ketones is 1. The zero-order valence-electron chi connectivity index (χ0n) is 10.5. The standard InChI is InChI=1S/C12H23NO2/c1-9(2)8-12(15)13(5)7-6-11(14)10(3)4/h9-10H,6-8H2,1-5H3. The van der Waals surface area contributed by atoms with Crippen LogP contribution in [0.5, 0.6) is 0 Å². The second-order valence-electron chi connectivity index (χ2n) is 4.78. The third kappa shape index (κ3) is 6.26. The van der Waals surface area contributed by atoms with Crippen LogP contribution < -0.4 is 0 Å². The Morgan fingerprint density at radius 2 is 1.67 bits per heavy atom. The molecule has 0 spiro atoms. The van der Waals surface area contributed by atoms with E-state index in [1.807, 2.05) is 27.7 Å². The first kappa shape index (κ1) is 14.1. The van der Waals surface area contributed by atoms with Crippen LogP contribution >= 0.6 is 0 Å². The fraction of sp³-hybridized carbons (Fsp3) is 0.833. The van der Waals surface area contributed by atoms with Crippen molar-refractivity contribution in [1.82, 2.24) is 4.90 Å². The smallest absolute Gasteiger partial charge is 0.222 e. The van der Waals surface area contributed by atoms with E-state index < -0.39 is 0 Å². The van der Waals surface area contributed by atoms with Gasteiger partial charge in [0.15, 0.2) is 0 Å². The molecule has 0 unspecified atom stereocenters. The molecule has 0 heterocycles. The summed E-state index contributed by atoms with van der Waals surface area (Å²) in [6.45, 7) is 8.36. The summed E-state index contributed by atoms with van der Waals surface area (Å²) < 4.78 is 0. The lowest BCUT2D eigenvalue weighted by Crippen LogP contribution is -2.30. The molecule has 0 N–H and O–H groups in total. The van der Waals surface area contributed by atoms with E-state index in [2.05, 4.69) is 0 Å². The van der Waals surface area contributed by atoms with Crippen molar-refractivity contribution >= 4 is 11.7 Å². The van der Waals surface area contributed by atoms with E-state index in [9.17, 15) is 9.59 Å². The van der Waals surface area contributed by atoms with Gasteiger partial charge in [-0.1, -0.05) is 27.7 Å². The Balaban J connectivity index is 3.88. The third-order valence-electron chi connectivity index (χ3n) is 2.35. The van der Waals surface area contributed by atoms with Crippen molar-refractivity contribution in [3.8, 4) is 0 Å². The van der Waals surface area contributed by atoms with E-state index in [1.54, 1.807) is 11.9 Å². The Hall–Kier alpha value is -0.860. The second-order valence-corrected chi connectivity index (χ2v) is 4.78. The van der Waals surface area contributed by atoms with Crippen LogP contribution in [-0.4, -0.2) is 30.2 Å². The van der Waals surface area contributed by atoms with E-state index in [0.29, 0.717) is 25.3 Å². The van der Waals surface area contributed by atoms with E-state index in [0.717, 1.165) is 0 Å². The van der Waals surface area contributed by atoms with Crippen molar-refractivity contribution in [1.29, 1.82) is 0 Å². The fourth-order valence-electron chi connectivity index (χ4n) is 1.20. The molecule has 1 amide bonds. The Kier molecular flexibility index (Phi) is 6.21. The maximum atomic E-state index is 11.6. The van der Waals surface area contributed by atoms with Crippen molar-refractivity contribution in [2.75, 3.05) is 13.6 Å². The quantitative estimate of drug-likeness (QED) is 0.677. The van der Waals surface area contributed by atoms with Crippen LogP contribution in [0, 0.1) is 11.8 Å². The number of hydrogen-bond donors (Lipinski definition) is 0. The topological polar surface area (TPSA) is 37.4 Å². The van der Waals surface area contributed by atoms with Crippen LogP contribution in [0.3, 0.4) is 0 Å². The van der Waals surface area contributed by atoms with Crippen molar-refractivity contribution in [3.63, 3.8) is 0 Å². The van der Waals surface area contributed by atoms with Gasteiger partial charge in [-0.15, -0.1) is 0 Å². The summed E-state index contributed by atoms with van der Waals surface area (Å²) in [5, 5.41) is 0. The molecular formula is C12H23NO2. The third-order valence-corrected chi connectivity index (χ3v) is 2.35. The van der Waals surface area contributed by atoms with E-state index in [1.165, 1.54) is 0 Å². The number of hydrogen-bond acceptors (Lipinski definition) is 2. The minimum Gasteiger partial charge on any atom is -0.345 e. The van der Waals surface area contributed by atoms with Crippen LogP contribution in [0.15, 0.2) is 0 Å². The van der Waals surface area contributed by atoms with Gasteiger partial charge >= 0.3 is 0 Å². The molecule has 15 heavy (non-hydrogen) atoms. The number of carbonyl (C=O) groups is 2. The molecule has 0 aromatic carbocycles. The minimum absolute atomic E-state index is 0.0681. The van der Waals surface area contributed by atoms with Crippen molar-refractivity contribution in [3.05, 3.63) is 0 Å². The highest BCUT2D eigenvalue weighted by atomic mass is 16.2. The molecule has 0 radical (unpaired) electrons. The Labute approximate surface area is 92.8 Å². The summed E-state index contributed by atoms with van der Waals surface area (Å²) >= 11 is 0. The molecular weight excluding hydrogens is 190 g/mol. The van der Waals surface area contributed by atoms with Gasteiger partial charge in [-0.05, 0) is 5.92 Å². The normalized spacial score (nSPS) is 10.9. The molecule has 0 aromatic rings. The number of carbonyl (C=O) groups excluding carboxylic acids is 2. The van der Waals surface area contributed by atoms with E-state index in [4.69, 9.17) is 0 Å². The lowest BCUT2D eigenvalue weighted by atomic mass is 10.1. The maximum Gasteiger partial charge on any atom is 0.222 e. The van der Waals surface area contributed by atoms with Crippen LogP contribution in [-0.2, 0) is 9.59 Å². The fourth-order valence-corrected chi connectivity index (χ4v) is 1.20. The van der Waals surface area contributed by atoms with Crippen LogP contribution in [0.25, 0.3) is 0 Å². The maximum absolute atomic E-state index is 11.6. The first-order chi connectivity index (χ1) is 6.84. The largest absolute Gasteiger partial charge is 0.345 e. The molecule has 0 rings (SSSR count). The number of amides is 1.